The number of para-hydroxylation sites is 1. The minimum absolute atomic E-state index is 0.0599. The second kappa shape index (κ2) is 5.43. The van der Waals surface area contributed by atoms with Crippen molar-refractivity contribution in [1.82, 2.24) is 14.5 Å². The first kappa shape index (κ1) is 12.8. The van der Waals surface area contributed by atoms with Crippen molar-refractivity contribution in [3.63, 3.8) is 0 Å². The molecule has 0 spiro atoms. The maximum absolute atomic E-state index is 9.40. The third-order valence-electron chi connectivity index (χ3n) is 3.36. The number of imidazole rings is 1. The van der Waals surface area contributed by atoms with Gasteiger partial charge >= 0.3 is 0 Å². The van der Waals surface area contributed by atoms with Crippen molar-refractivity contribution in [2.75, 3.05) is 0 Å². The topological polar surface area (TPSA) is 50.9 Å². The highest BCUT2D eigenvalue weighted by molar-refractivity contribution is 5.87. The van der Waals surface area contributed by atoms with E-state index in [-0.39, 0.29) is 6.61 Å². The predicted molar refractivity (Wildman–Crippen MR) is 78.8 cm³/mol. The van der Waals surface area contributed by atoms with Crippen LogP contribution >= 0.6 is 0 Å². The molecular formula is C16H17N3O. The van der Waals surface area contributed by atoms with Gasteiger partial charge in [0.1, 0.15) is 5.82 Å². The Kier molecular flexibility index (Phi) is 3.48. The van der Waals surface area contributed by atoms with Gasteiger partial charge in [-0.2, -0.15) is 0 Å². The minimum atomic E-state index is -0.0599. The third kappa shape index (κ3) is 2.18. The molecule has 4 nitrogen and oxygen atoms in total. The third-order valence-corrected chi connectivity index (χ3v) is 3.36. The molecule has 1 aromatic carbocycles. The fraction of sp³-hybridized carbons (Fsp3) is 0.250. The minimum Gasteiger partial charge on any atom is -0.390 e. The van der Waals surface area contributed by atoms with Gasteiger partial charge in [-0.3, -0.25) is 4.98 Å². The first-order valence-electron chi connectivity index (χ1n) is 6.85. The van der Waals surface area contributed by atoms with Crippen LogP contribution in [-0.2, 0) is 13.0 Å². The van der Waals surface area contributed by atoms with Crippen LogP contribution in [0.25, 0.3) is 16.6 Å². The Morgan fingerprint density at radius 1 is 1.25 bits per heavy atom. The van der Waals surface area contributed by atoms with Gasteiger partial charge in [0, 0.05) is 24.2 Å². The first-order valence-corrected chi connectivity index (χ1v) is 6.85. The lowest BCUT2D eigenvalue weighted by atomic mass is 10.1. The quantitative estimate of drug-likeness (QED) is 0.790. The zero-order valence-electron chi connectivity index (χ0n) is 11.5. The molecule has 0 atom stereocenters. The lowest BCUT2D eigenvalue weighted by Crippen LogP contribution is -2.03. The number of rotatable bonds is 4. The van der Waals surface area contributed by atoms with Crippen LogP contribution in [0.5, 0.6) is 0 Å². The zero-order chi connectivity index (χ0) is 13.9. The molecule has 0 unspecified atom stereocenters. The van der Waals surface area contributed by atoms with Crippen LogP contribution < -0.4 is 0 Å². The van der Waals surface area contributed by atoms with Gasteiger partial charge in [-0.15, -0.1) is 0 Å². The number of nitrogens with zero attached hydrogens (tertiary/aromatic N) is 3. The smallest absolute Gasteiger partial charge is 0.113 e. The van der Waals surface area contributed by atoms with Crippen molar-refractivity contribution in [2.24, 2.45) is 0 Å². The van der Waals surface area contributed by atoms with Gasteiger partial charge in [0.2, 0.25) is 0 Å². The Balaban J connectivity index is 2.26. The van der Waals surface area contributed by atoms with E-state index >= 15 is 0 Å². The molecule has 2 aromatic heterocycles. The van der Waals surface area contributed by atoms with Crippen molar-refractivity contribution >= 4 is 10.9 Å². The van der Waals surface area contributed by atoms with Crippen LogP contribution in [0.15, 0.2) is 42.7 Å². The zero-order valence-corrected chi connectivity index (χ0v) is 11.5. The molecule has 0 fully saturated rings. The molecule has 20 heavy (non-hydrogen) atoms. The normalized spacial score (nSPS) is 11.1. The van der Waals surface area contributed by atoms with Crippen molar-refractivity contribution in [2.45, 2.75) is 26.4 Å². The molecule has 0 radical (unpaired) electrons. The molecule has 2 heterocycles. The van der Waals surface area contributed by atoms with Crippen LogP contribution in [0, 0.1) is 0 Å². The van der Waals surface area contributed by atoms with Gasteiger partial charge in [0.05, 0.1) is 23.5 Å². The van der Waals surface area contributed by atoms with E-state index in [0.29, 0.717) is 5.69 Å². The van der Waals surface area contributed by atoms with Crippen LogP contribution in [0.1, 0.15) is 24.9 Å². The fourth-order valence-electron chi connectivity index (χ4n) is 2.45. The lowest BCUT2D eigenvalue weighted by Gasteiger charge is -2.12. The Labute approximate surface area is 117 Å². The van der Waals surface area contributed by atoms with Gasteiger partial charge in [-0.1, -0.05) is 25.1 Å². The second-order valence-corrected chi connectivity index (χ2v) is 4.77. The number of aromatic nitrogens is 3. The molecule has 0 aliphatic rings. The van der Waals surface area contributed by atoms with E-state index in [4.69, 9.17) is 0 Å². The number of aryl methyl sites for hydroxylation is 1. The summed E-state index contributed by atoms with van der Waals surface area (Å²) in [5.41, 5.74) is 2.60. The maximum atomic E-state index is 9.40. The number of benzene rings is 1. The summed E-state index contributed by atoms with van der Waals surface area (Å²) >= 11 is 0. The van der Waals surface area contributed by atoms with E-state index < -0.39 is 0 Å². The van der Waals surface area contributed by atoms with Gasteiger partial charge in [-0.25, -0.2) is 4.98 Å². The summed E-state index contributed by atoms with van der Waals surface area (Å²) in [4.78, 5) is 8.88. The summed E-state index contributed by atoms with van der Waals surface area (Å²) in [5.74, 6) is 1.03. The number of fused-ring (bicyclic) bond motifs is 1. The van der Waals surface area contributed by atoms with Crippen LogP contribution in [-0.4, -0.2) is 19.6 Å². The van der Waals surface area contributed by atoms with Gasteiger partial charge in [-0.05, 0) is 18.6 Å². The Morgan fingerprint density at radius 3 is 2.90 bits per heavy atom. The van der Waals surface area contributed by atoms with E-state index in [2.05, 4.69) is 27.5 Å². The van der Waals surface area contributed by atoms with Gasteiger partial charge in [0.15, 0.2) is 0 Å². The summed E-state index contributed by atoms with van der Waals surface area (Å²) in [6.45, 7) is 2.08. The summed E-state index contributed by atoms with van der Waals surface area (Å²) in [6, 6.07) is 9.91. The Morgan fingerprint density at radius 2 is 2.10 bits per heavy atom. The average Bonchev–Trinajstić information content (AvgIpc) is 2.94. The number of hydrogen-bond acceptors (Lipinski definition) is 3. The van der Waals surface area contributed by atoms with Crippen molar-refractivity contribution in [3.05, 3.63) is 54.2 Å². The second-order valence-electron chi connectivity index (χ2n) is 4.77. The summed E-state index contributed by atoms with van der Waals surface area (Å²) < 4.78 is 2.09. The maximum Gasteiger partial charge on any atom is 0.113 e. The highest BCUT2D eigenvalue weighted by atomic mass is 16.3. The lowest BCUT2D eigenvalue weighted by molar-refractivity contribution is 0.277. The molecule has 4 heteroatoms. The molecule has 1 N–H and O–H groups in total. The number of pyridine rings is 1. The Bertz CT molecular complexity index is 733. The monoisotopic (exact) mass is 267 g/mol. The van der Waals surface area contributed by atoms with Crippen molar-refractivity contribution in [3.8, 4) is 5.69 Å². The predicted octanol–water partition coefficient (Wildman–Crippen LogP) is 2.87. The molecule has 0 amide bonds. The summed E-state index contributed by atoms with van der Waals surface area (Å²) in [5, 5.41) is 10.5. The highest BCUT2D eigenvalue weighted by Gasteiger charge is 2.10. The van der Waals surface area contributed by atoms with Crippen LogP contribution in [0.2, 0.25) is 0 Å². The van der Waals surface area contributed by atoms with Crippen LogP contribution in [0.3, 0.4) is 0 Å². The molecule has 0 bridgehead atoms. The van der Waals surface area contributed by atoms with Crippen LogP contribution in [0.4, 0.5) is 0 Å². The molecule has 0 saturated carbocycles. The van der Waals surface area contributed by atoms with E-state index in [1.807, 2.05) is 36.7 Å². The largest absolute Gasteiger partial charge is 0.390 e. The summed E-state index contributed by atoms with van der Waals surface area (Å²) in [7, 11) is 0. The molecule has 102 valence electrons. The standard InChI is InChI=1S/C16H17N3O/c1-2-5-16-17-8-9-19(16)15-10-12(11-20)18-14-7-4-3-6-13(14)15/h3-4,6-10,20H,2,5,11H2,1H3. The molecule has 0 aliphatic carbocycles. The summed E-state index contributed by atoms with van der Waals surface area (Å²) in [6.07, 6.45) is 5.76. The first-order chi connectivity index (χ1) is 9.83. The number of hydrogen-bond donors (Lipinski definition) is 1. The van der Waals surface area contributed by atoms with E-state index in [1.54, 1.807) is 0 Å². The molecular weight excluding hydrogens is 250 g/mol. The van der Waals surface area contributed by atoms with E-state index in [9.17, 15) is 5.11 Å². The average molecular weight is 267 g/mol. The van der Waals surface area contributed by atoms with Gasteiger partial charge < -0.3 is 9.67 Å². The van der Waals surface area contributed by atoms with Gasteiger partial charge in [0.25, 0.3) is 0 Å². The molecule has 0 saturated heterocycles. The highest BCUT2D eigenvalue weighted by Crippen LogP contribution is 2.23. The molecule has 3 rings (SSSR count). The van der Waals surface area contributed by atoms with E-state index in [1.165, 1.54) is 0 Å². The fourth-order valence-corrected chi connectivity index (χ4v) is 2.45. The molecule has 0 aliphatic heterocycles. The van der Waals surface area contributed by atoms with Crippen molar-refractivity contribution in [1.29, 1.82) is 0 Å². The van der Waals surface area contributed by atoms with Crippen molar-refractivity contribution < 1.29 is 5.11 Å². The Hall–Kier alpha value is -2.20. The molecule has 3 aromatic rings. The SMILES string of the molecule is CCCc1nccn1-c1cc(CO)nc2ccccc12. The number of aliphatic hydroxyl groups excluding tert-OH is 1. The van der Waals surface area contributed by atoms with E-state index in [0.717, 1.165) is 35.3 Å². The number of aliphatic hydroxyl groups is 1.